The van der Waals surface area contributed by atoms with Gasteiger partial charge in [0.25, 0.3) is 0 Å². The van der Waals surface area contributed by atoms with Crippen molar-refractivity contribution in [3.05, 3.63) is 53.7 Å². The number of ether oxygens (including phenoxy) is 1. The summed E-state index contributed by atoms with van der Waals surface area (Å²) in [4.78, 5) is 13.1. The van der Waals surface area contributed by atoms with E-state index in [0.717, 1.165) is 23.7 Å². The third kappa shape index (κ3) is 16.2. The van der Waals surface area contributed by atoms with Gasteiger partial charge in [0.2, 0.25) is 0 Å². The molecule has 41 heavy (non-hydrogen) atoms. The molecule has 0 amide bonds. The van der Waals surface area contributed by atoms with Gasteiger partial charge in [-0.15, -0.1) is 0 Å². The number of halogens is 3. The van der Waals surface area contributed by atoms with E-state index in [1.54, 1.807) is 0 Å². The fourth-order valence-electron chi connectivity index (χ4n) is 2.82. The molecule has 0 bridgehead atoms. The number of amidine groups is 1. The first-order valence-electron chi connectivity index (χ1n) is 13.7. The van der Waals surface area contributed by atoms with Gasteiger partial charge in [0, 0.05) is 41.5 Å². The smallest absolute Gasteiger partial charge is 0.384 e. The lowest BCUT2D eigenvalue weighted by Crippen LogP contribution is -2.16. The van der Waals surface area contributed by atoms with Gasteiger partial charge in [-0.1, -0.05) is 53.5 Å². The first-order valence-corrected chi connectivity index (χ1v) is 14.6. The zero-order valence-electron chi connectivity index (χ0n) is 25.1. The van der Waals surface area contributed by atoms with Crippen molar-refractivity contribution in [1.29, 1.82) is 0 Å². The lowest BCUT2D eigenvalue weighted by atomic mass is 10.1. The fourth-order valence-corrected chi connectivity index (χ4v) is 3.46. The van der Waals surface area contributed by atoms with Crippen LogP contribution in [0.15, 0.2) is 57.5 Å². The molecular weight excluding hydrogens is 551 g/mol. The van der Waals surface area contributed by atoms with Crippen molar-refractivity contribution in [3.63, 3.8) is 0 Å². The SMILES string of the molecule is C=N/C(=C\C(=NCCOCCNC)Nc1cccc(SNCC)c1)c1cnc(N)cc1C(F)(F)F.CC.CCCC. The maximum absolute atomic E-state index is 13.7. The van der Waals surface area contributed by atoms with Crippen molar-refractivity contribution in [2.24, 2.45) is 9.98 Å². The summed E-state index contributed by atoms with van der Waals surface area (Å²) in [6.45, 7) is 16.4. The van der Waals surface area contributed by atoms with E-state index in [2.05, 4.69) is 50.9 Å². The Kier molecular flexibility index (Phi) is 21.1. The molecule has 0 aliphatic carbocycles. The van der Waals surface area contributed by atoms with Gasteiger partial charge >= 0.3 is 6.18 Å². The Morgan fingerprint density at radius 1 is 1.15 bits per heavy atom. The van der Waals surface area contributed by atoms with Crippen LogP contribution in [0.25, 0.3) is 5.70 Å². The Bertz CT molecular complexity index is 1060. The number of hydrogen-bond acceptors (Lipinski definition) is 8. The highest BCUT2D eigenvalue weighted by Gasteiger charge is 2.34. The molecule has 5 N–H and O–H groups in total. The number of nitrogens with two attached hydrogens (primary N) is 1. The van der Waals surface area contributed by atoms with Crippen LogP contribution in [0, 0.1) is 0 Å². The van der Waals surface area contributed by atoms with E-state index >= 15 is 0 Å². The van der Waals surface area contributed by atoms with Crippen LogP contribution in [0.3, 0.4) is 0 Å². The summed E-state index contributed by atoms with van der Waals surface area (Å²) in [5.74, 6) is 0.0467. The molecule has 0 saturated heterocycles. The fraction of sp³-hybridized carbons (Fsp3) is 0.483. The van der Waals surface area contributed by atoms with Crippen molar-refractivity contribution >= 4 is 41.7 Å². The zero-order valence-corrected chi connectivity index (χ0v) is 25.9. The van der Waals surface area contributed by atoms with Gasteiger partial charge in [-0.05, 0) is 50.0 Å². The van der Waals surface area contributed by atoms with Gasteiger partial charge in [-0.2, -0.15) is 13.2 Å². The Morgan fingerprint density at radius 3 is 2.44 bits per heavy atom. The number of rotatable bonds is 14. The second-order valence-corrected chi connectivity index (χ2v) is 9.04. The highest BCUT2D eigenvalue weighted by Crippen LogP contribution is 2.36. The van der Waals surface area contributed by atoms with Gasteiger partial charge in [0.1, 0.15) is 11.7 Å². The molecule has 0 atom stereocenters. The summed E-state index contributed by atoms with van der Waals surface area (Å²) in [7, 11) is 1.82. The van der Waals surface area contributed by atoms with Crippen molar-refractivity contribution in [3.8, 4) is 0 Å². The quantitative estimate of drug-likeness (QED) is 0.0810. The zero-order chi connectivity index (χ0) is 31.1. The van der Waals surface area contributed by atoms with Gasteiger partial charge in [0.05, 0.1) is 31.0 Å². The monoisotopic (exact) mass is 597 g/mol. The minimum atomic E-state index is -4.65. The molecule has 2 aromatic rings. The lowest BCUT2D eigenvalue weighted by Gasteiger charge is -2.14. The molecule has 0 radical (unpaired) electrons. The number of alkyl halides is 3. The molecule has 8 nitrogen and oxygen atoms in total. The summed E-state index contributed by atoms with van der Waals surface area (Å²) in [6, 6.07) is 8.30. The highest BCUT2D eigenvalue weighted by atomic mass is 32.2. The number of hydrogen-bond donors (Lipinski definition) is 4. The first-order chi connectivity index (χ1) is 19.7. The minimum Gasteiger partial charge on any atom is -0.384 e. The van der Waals surface area contributed by atoms with Crippen molar-refractivity contribution in [1.82, 2.24) is 15.0 Å². The molecule has 1 aromatic heterocycles. The molecular formula is C29H46F3N7OS. The van der Waals surface area contributed by atoms with Gasteiger partial charge in [0.15, 0.2) is 0 Å². The van der Waals surface area contributed by atoms with Crippen LogP contribution in [-0.4, -0.2) is 57.4 Å². The van der Waals surface area contributed by atoms with Gasteiger partial charge in [-0.3, -0.25) is 14.7 Å². The largest absolute Gasteiger partial charge is 0.417 e. The third-order valence-electron chi connectivity index (χ3n) is 4.91. The number of nitrogens with zero attached hydrogens (tertiary/aromatic N) is 3. The highest BCUT2D eigenvalue weighted by molar-refractivity contribution is 7.97. The Hall–Kier alpha value is -2.93. The van der Waals surface area contributed by atoms with E-state index in [9.17, 15) is 13.2 Å². The van der Waals surface area contributed by atoms with E-state index in [0.29, 0.717) is 31.3 Å². The van der Waals surface area contributed by atoms with Crippen molar-refractivity contribution in [2.75, 3.05) is 50.9 Å². The minimum absolute atomic E-state index is 0.0506. The predicted molar refractivity (Wildman–Crippen MR) is 170 cm³/mol. The molecule has 0 spiro atoms. The average Bonchev–Trinajstić information content (AvgIpc) is 2.97. The average molecular weight is 598 g/mol. The molecule has 0 saturated carbocycles. The normalized spacial score (nSPS) is 11.6. The van der Waals surface area contributed by atoms with Crippen LogP contribution < -0.4 is 21.1 Å². The molecule has 0 fully saturated rings. The first kappa shape index (κ1) is 38.1. The number of benzene rings is 1. The summed E-state index contributed by atoms with van der Waals surface area (Å²) >= 11 is 1.47. The summed E-state index contributed by atoms with van der Waals surface area (Å²) in [5, 5.41) is 6.13. The number of anilines is 2. The maximum Gasteiger partial charge on any atom is 0.417 e. The lowest BCUT2D eigenvalue weighted by molar-refractivity contribution is -0.137. The van der Waals surface area contributed by atoms with Crippen molar-refractivity contribution < 1.29 is 17.9 Å². The maximum atomic E-state index is 13.7. The number of aliphatic imine (C=N–C) groups is 2. The molecule has 1 aromatic carbocycles. The standard InChI is InChI=1S/C23H30F3N7OS.C4H10.C2H6/c1-4-32-35-17-7-5-6-16(12-17)33-22(30-9-11-34-10-8-28-2)14-20(29-3)18-15-31-21(27)13-19(18)23(24,25)26;1-3-4-2;1-2/h5-7,12-15,28,32H,3-4,8-11H2,1-2H3,(H2,27,31)(H,30,33);3-4H2,1-2H3;1-2H3/b20-14-;;. The number of nitrogens with one attached hydrogen (secondary N) is 3. The molecule has 230 valence electrons. The molecule has 0 aliphatic rings. The van der Waals surface area contributed by atoms with Gasteiger partial charge < -0.3 is 21.1 Å². The number of likely N-dealkylation sites (N-methyl/N-ethyl adjacent to an activating group) is 1. The number of unbranched alkanes of at least 4 members (excludes halogenated alkanes) is 1. The summed E-state index contributed by atoms with van der Waals surface area (Å²) in [6.07, 6.45) is 0.415. The van der Waals surface area contributed by atoms with Crippen LogP contribution in [0.1, 0.15) is 58.6 Å². The third-order valence-corrected chi connectivity index (χ3v) is 5.83. The molecule has 2 rings (SSSR count). The topological polar surface area (TPSA) is 109 Å². The van der Waals surface area contributed by atoms with Crippen LogP contribution in [0.2, 0.25) is 0 Å². The Morgan fingerprint density at radius 2 is 1.85 bits per heavy atom. The number of aromatic nitrogens is 1. The number of nitrogen functional groups attached to an aromatic ring is 1. The molecule has 12 heteroatoms. The van der Waals surface area contributed by atoms with Crippen molar-refractivity contribution in [2.45, 2.75) is 58.5 Å². The van der Waals surface area contributed by atoms with E-state index < -0.39 is 11.7 Å². The van der Waals surface area contributed by atoms with E-state index in [-0.39, 0.29) is 23.6 Å². The number of pyridine rings is 1. The van der Waals surface area contributed by atoms with Crippen LogP contribution in [-0.2, 0) is 10.9 Å². The molecule has 1 heterocycles. The predicted octanol–water partition coefficient (Wildman–Crippen LogP) is 6.92. The van der Waals surface area contributed by atoms with Gasteiger partial charge in [-0.25, -0.2) is 4.98 Å². The van der Waals surface area contributed by atoms with Crippen LogP contribution in [0.4, 0.5) is 24.7 Å². The van der Waals surface area contributed by atoms with E-state index in [1.165, 1.54) is 30.9 Å². The Labute approximate surface area is 247 Å². The summed E-state index contributed by atoms with van der Waals surface area (Å²) in [5.41, 5.74) is 4.94. The summed E-state index contributed by atoms with van der Waals surface area (Å²) < 4.78 is 49.6. The second-order valence-electron chi connectivity index (χ2n) is 8.08. The molecule has 0 aliphatic heterocycles. The van der Waals surface area contributed by atoms with E-state index in [1.807, 2.05) is 52.1 Å². The van der Waals surface area contributed by atoms with E-state index in [4.69, 9.17) is 10.5 Å². The van der Waals surface area contributed by atoms with Crippen LogP contribution in [0.5, 0.6) is 0 Å². The molecule has 0 unspecified atom stereocenters. The Balaban J connectivity index is 0.00000244. The second kappa shape index (κ2) is 22.7. The van der Waals surface area contributed by atoms with Crippen LogP contribution >= 0.6 is 11.9 Å².